The van der Waals surface area contributed by atoms with Crippen LogP contribution in [0.2, 0.25) is 0 Å². The third kappa shape index (κ3) is 8.93. The summed E-state index contributed by atoms with van der Waals surface area (Å²) in [6, 6.07) is 3.69. The fraction of sp³-hybridized carbons (Fsp3) is 0.619. The molecule has 9 nitrogen and oxygen atoms in total. The van der Waals surface area contributed by atoms with Gasteiger partial charge in [0.25, 0.3) is 5.91 Å². The van der Waals surface area contributed by atoms with Gasteiger partial charge in [0.05, 0.1) is 12.2 Å². The van der Waals surface area contributed by atoms with Gasteiger partial charge in [-0.1, -0.05) is 0 Å². The number of aromatic nitrogens is 1. The normalized spacial score (nSPS) is 23.7. The Morgan fingerprint density at radius 2 is 1.50 bits per heavy atom. The van der Waals surface area contributed by atoms with Gasteiger partial charge in [0.2, 0.25) is 0 Å². The Morgan fingerprint density at radius 3 is 1.89 bits per heavy atom. The maximum absolute atomic E-state index is 12.5. The second kappa shape index (κ2) is 12.3. The summed E-state index contributed by atoms with van der Waals surface area (Å²) in [7, 11) is 0. The fourth-order valence-corrected chi connectivity index (χ4v) is 4.17. The molecule has 3 aliphatic heterocycles. The van der Waals surface area contributed by atoms with E-state index in [0.29, 0.717) is 23.3 Å². The number of hydrogen-bond acceptors (Lipinski definition) is 6. The summed E-state index contributed by atoms with van der Waals surface area (Å²) in [6.07, 6.45) is -5.58. The largest absolute Gasteiger partial charge is 0.490 e. The lowest BCUT2D eigenvalue weighted by Crippen LogP contribution is -2.35. The van der Waals surface area contributed by atoms with Crippen LogP contribution in [0.1, 0.15) is 16.8 Å². The van der Waals surface area contributed by atoms with Crippen LogP contribution in [0.5, 0.6) is 0 Å². The predicted molar refractivity (Wildman–Crippen MR) is 110 cm³/mol. The second-order valence-electron chi connectivity index (χ2n) is 8.53. The molecule has 1 aromatic heterocycles. The van der Waals surface area contributed by atoms with Crippen molar-refractivity contribution < 1.29 is 55.7 Å². The molecule has 1 aromatic rings. The highest BCUT2D eigenvalue weighted by molar-refractivity contribution is 5.94. The van der Waals surface area contributed by atoms with E-state index in [1.54, 1.807) is 12.4 Å². The van der Waals surface area contributed by atoms with Crippen molar-refractivity contribution in [1.29, 1.82) is 0 Å². The third-order valence-corrected chi connectivity index (χ3v) is 5.78. The van der Waals surface area contributed by atoms with E-state index in [-0.39, 0.29) is 5.91 Å². The Morgan fingerprint density at radius 1 is 0.972 bits per heavy atom. The van der Waals surface area contributed by atoms with Gasteiger partial charge in [-0.15, -0.1) is 0 Å². The van der Waals surface area contributed by atoms with Crippen LogP contribution < -0.4 is 0 Å². The van der Waals surface area contributed by atoms with Crippen molar-refractivity contribution in [2.45, 2.75) is 18.8 Å². The van der Waals surface area contributed by atoms with Crippen LogP contribution in [0.15, 0.2) is 24.5 Å². The first kappa shape index (κ1) is 29.3. The van der Waals surface area contributed by atoms with Crippen molar-refractivity contribution in [1.82, 2.24) is 14.8 Å². The first-order valence-electron chi connectivity index (χ1n) is 10.8. The molecule has 3 fully saturated rings. The summed E-state index contributed by atoms with van der Waals surface area (Å²) >= 11 is 0. The Labute approximate surface area is 201 Å². The van der Waals surface area contributed by atoms with Crippen LogP contribution in [0.3, 0.4) is 0 Å². The Bertz CT molecular complexity index is 854. The lowest BCUT2D eigenvalue weighted by molar-refractivity contribution is -0.193. The van der Waals surface area contributed by atoms with Gasteiger partial charge in [0.1, 0.15) is 0 Å². The van der Waals surface area contributed by atoms with E-state index in [9.17, 15) is 31.1 Å². The van der Waals surface area contributed by atoms with Crippen molar-refractivity contribution in [3.63, 3.8) is 0 Å². The fourth-order valence-electron chi connectivity index (χ4n) is 4.17. The summed E-state index contributed by atoms with van der Waals surface area (Å²) in [5.74, 6) is -3.38. The number of aliphatic carboxylic acids is 2. The molecule has 0 bridgehead atoms. The highest BCUT2D eigenvalue weighted by Crippen LogP contribution is 2.32. The van der Waals surface area contributed by atoms with Gasteiger partial charge in [-0.05, 0) is 36.3 Å². The number of hydrogen-bond donors (Lipinski definition) is 2. The maximum atomic E-state index is 12.5. The number of carboxylic acids is 2. The number of rotatable bonds is 3. The lowest BCUT2D eigenvalue weighted by Gasteiger charge is -2.23. The molecule has 202 valence electrons. The molecule has 0 radical (unpaired) electrons. The number of halogens is 6. The monoisotopic (exact) mass is 529 g/mol. The van der Waals surface area contributed by atoms with Crippen LogP contribution >= 0.6 is 0 Å². The number of carbonyl (C=O) groups is 3. The van der Waals surface area contributed by atoms with Gasteiger partial charge in [-0.25, -0.2) is 9.59 Å². The number of amides is 1. The average Bonchev–Trinajstić information content (AvgIpc) is 3.51. The molecule has 3 atom stereocenters. The molecule has 0 aliphatic carbocycles. The summed E-state index contributed by atoms with van der Waals surface area (Å²) < 4.78 is 68.9. The van der Waals surface area contributed by atoms with Crippen molar-refractivity contribution in [3.05, 3.63) is 30.1 Å². The summed E-state index contributed by atoms with van der Waals surface area (Å²) in [5, 5.41) is 14.2. The van der Waals surface area contributed by atoms with Gasteiger partial charge in [-0.3, -0.25) is 9.78 Å². The second-order valence-corrected chi connectivity index (χ2v) is 8.53. The number of fused-ring (bicyclic) bond motifs is 1. The SMILES string of the molecule is O=C(O)C(F)(F)F.O=C(O)C(F)(F)F.O=C(c1cccnc1)N1C[C@H]2CN(CC3CCOC3)C[C@H]2C1. The third-order valence-electron chi connectivity index (χ3n) is 5.78. The number of likely N-dealkylation sites (tertiary alicyclic amines) is 2. The summed E-state index contributed by atoms with van der Waals surface area (Å²) in [4.78, 5) is 38.9. The number of ether oxygens (including phenoxy) is 1. The van der Waals surface area contributed by atoms with Crippen LogP contribution in [-0.4, -0.2) is 101 Å². The van der Waals surface area contributed by atoms with Gasteiger partial charge in [0, 0.05) is 51.7 Å². The van der Waals surface area contributed by atoms with Gasteiger partial charge < -0.3 is 24.7 Å². The minimum absolute atomic E-state index is 0.137. The molecule has 4 rings (SSSR count). The maximum Gasteiger partial charge on any atom is 0.490 e. The van der Waals surface area contributed by atoms with E-state index in [2.05, 4.69) is 9.88 Å². The molecule has 0 aromatic carbocycles. The topological polar surface area (TPSA) is 120 Å². The molecule has 1 unspecified atom stereocenters. The number of carbonyl (C=O) groups excluding carboxylic acids is 1. The molecule has 3 aliphatic rings. The Kier molecular flexibility index (Phi) is 10.0. The number of carboxylic acid groups (broad SMARTS) is 2. The zero-order valence-corrected chi connectivity index (χ0v) is 18.8. The molecule has 3 saturated heterocycles. The van der Waals surface area contributed by atoms with Crippen LogP contribution in [0.25, 0.3) is 0 Å². The molecule has 15 heteroatoms. The van der Waals surface area contributed by atoms with Crippen molar-refractivity contribution in [2.75, 3.05) is 45.9 Å². The van der Waals surface area contributed by atoms with Crippen LogP contribution in [-0.2, 0) is 14.3 Å². The molecule has 36 heavy (non-hydrogen) atoms. The van der Waals surface area contributed by atoms with Crippen LogP contribution in [0, 0.1) is 17.8 Å². The van der Waals surface area contributed by atoms with Crippen molar-refractivity contribution >= 4 is 17.8 Å². The smallest absolute Gasteiger partial charge is 0.475 e. The van der Waals surface area contributed by atoms with E-state index in [4.69, 9.17) is 24.5 Å². The molecule has 1 amide bonds. The molecule has 0 saturated carbocycles. The van der Waals surface area contributed by atoms with Crippen molar-refractivity contribution in [3.8, 4) is 0 Å². The first-order chi connectivity index (χ1) is 16.7. The number of nitrogens with zero attached hydrogens (tertiary/aromatic N) is 3. The number of pyridine rings is 1. The van der Waals surface area contributed by atoms with E-state index in [0.717, 1.165) is 39.4 Å². The zero-order valence-electron chi connectivity index (χ0n) is 18.8. The Hall–Kier alpha value is -2.94. The van der Waals surface area contributed by atoms with Gasteiger partial charge in [-0.2, -0.15) is 26.3 Å². The van der Waals surface area contributed by atoms with Crippen molar-refractivity contribution in [2.24, 2.45) is 17.8 Å². The molecule has 2 N–H and O–H groups in total. The minimum Gasteiger partial charge on any atom is -0.475 e. The first-order valence-corrected chi connectivity index (χ1v) is 10.8. The average molecular weight is 529 g/mol. The quantitative estimate of drug-likeness (QED) is 0.573. The highest BCUT2D eigenvalue weighted by atomic mass is 19.4. The molecular formula is C21H25F6N3O6. The standard InChI is InChI=1S/C17H23N3O2.2C2HF3O2/c21-17(14-2-1-4-18-6-14)20-10-15-8-19(9-16(15)11-20)7-13-3-5-22-12-13;2*3-2(4,5)1(6)7/h1-2,4,6,13,15-16H,3,5,7-12H2;2*(H,6,7)/t13?,15-,16+;;. The van der Waals surface area contributed by atoms with E-state index in [1.807, 2.05) is 17.0 Å². The lowest BCUT2D eigenvalue weighted by atomic mass is 10.0. The zero-order chi connectivity index (χ0) is 27.1. The highest BCUT2D eigenvalue weighted by Gasteiger charge is 2.42. The molecule has 4 heterocycles. The minimum atomic E-state index is -5.08. The molecular weight excluding hydrogens is 504 g/mol. The number of alkyl halides is 6. The van der Waals surface area contributed by atoms with Gasteiger partial charge in [0.15, 0.2) is 0 Å². The summed E-state index contributed by atoms with van der Waals surface area (Å²) in [5.41, 5.74) is 0.711. The van der Waals surface area contributed by atoms with E-state index in [1.165, 1.54) is 13.0 Å². The molecule has 0 spiro atoms. The summed E-state index contributed by atoms with van der Waals surface area (Å²) in [6.45, 7) is 7.10. The Balaban J connectivity index is 0.000000271. The van der Waals surface area contributed by atoms with E-state index < -0.39 is 24.3 Å². The van der Waals surface area contributed by atoms with Crippen LogP contribution in [0.4, 0.5) is 26.3 Å². The predicted octanol–water partition coefficient (Wildman–Crippen LogP) is 2.39. The van der Waals surface area contributed by atoms with E-state index >= 15 is 0 Å². The van der Waals surface area contributed by atoms with Gasteiger partial charge >= 0.3 is 24.3 Å².